The Balaban J connectivity index is 2.83. The van der Waals surface area contributed by atoms with Crippen LogP contribution >= 0.6 is 0 Å². The summed E-state index contributed by atoms with van der Waals surface area (Å²) < 4.78 is 18.7. The fourth-order valence-electron chi connectivity index (χ4n) is 1.46. The first-order valence-electron chi connectivity index (χ1n) is 5.36. The molecule has 0 aromatic heterocycles. The van der Waals surface area contributed by atoms with Gasteiger partial charge in [-0.2, -0.15) is 0 Å². The summed E-state index contributed by atoms with van der Waals surface area (Å²) in [7, 11) is 0. The van der Waals surface area contributed by atoms with E-state index in [9.17, 15) is 4.39 Å². The van der Waals surface area contributed by atoms with Crippen LogP contribution in [0.15, 0.2) is 18.2 Å². The highest BCUT2D eigenvalue weighted by molar-refractivity contribution is 5.33. The lowest BCUT2D eigenvalue weighted by Gasteiger charge is -2.17. The summed E-state index contributed by atoms with van der Waals surface area (Å²) >= 11 is 0. The van der Waals surface area contributed by atoms with Crippen LogP contribution in [0.25, 0.3) is 0 Å². The molecule has 0 bridgehead atoms. The molecule has 0 unspecified atom stereocenters. The fraction of sp³-hybridized carbons (Fsp3) is 0.500. The van der Waals surface area contributed by atoms with E-state index in [1.165, 1.54) is 12.1 Å². The van der Waals surface area contributed by atoms with Gasteiger partial charge in [-0.1, -0.05) is 13.8 Å². The van der Waals surface area contributed by atoms with E-state index in [-0.39, 0.29) is 11.9 Å². The van der Waals surface area contributed by atoms with Crippen molar-refractivity contribution >= 4 is 0 Å². The van der Waals surface area contributed by atoms with Gasteiger partial charge in [-0.3, -0.25) is 0 Å². The smallest absolute Gasteiger partial charge is 0.124 e. The predicted octanol–water partition coefficient (Wildman–Crippen LogP) is 2.85. The van der Waals surface area contributed by atoms with Crippen molar-refractivity contribution in [1.82, 2.24) is 0 Å². The Kier molecular flexibility index (Phi) is 4.56. The number of ether oxygens (including phenoxy) is 1. The molecule has 1 aromatic carbocycles. The molecule has 0 amide bonds. The van der Waals surface area contributed by atoms with Crippen molar-refractivity contribution < 1.29 is 9.13 Å². The van der Waals surface area contributed by atoms with Gasteiger partial charge in [0.15, 0.2) is 0 Å². The van der Waals surface area contributed by atoms with Gasteiger partial charge >= 0.3 is 0 Å². The van der Waals surface area contributed by atoms with Crippen LogP contribution in [0.4, 0.5) is 4.39 Å². The average Bonchev–Trinajstić information content (AvgIpc) is 2.27. The molecule has 0 aliphatic carbocycles. The molecule has 0 spiro atoms. The van der Waals surface area contributed by atoms with Gasteiger partial charge in [-0.15, -0.1) is 0 Å². The fourth-order valence-corrected chi connectivity index (χ4v) is 1.46. The van der Waals surface area contributed by atoms with Gasteiger partial charge in [0.1, 0.15) is 11.6 Å². The Morgan fingerprint density at radius 1 is 1.33 bits per heavy atom. The Morgan fingerprint density at radius 3 is 2.53 bits per heavy atom. The van der Waals surface area contributed by atoms with E-state index in [0.717, 1.165) is 18.4 Å². The molecule has 0 fully saturated rings. The van der Waals surface area contributed by atoms with Gasteiger partial charge in [-0.05, 0) is 31.0 Å². The predicted molar refractivity (Wildman–Crippen MR) is 59.3 cm³/mol. The number of nitrogens with two attached hydrogens (primary N) is 1. The van der Waals surface area contributed by atoms with Crippen molar-refractivity contribution in [2.75, 3.05) is 0 Å². The summed E-state index contributed by atoms with van der Waals surface area (Å²) in [6.45, 7) is 4.44. The number of benzene rings is 1. The summed E-state index contributed by atoms with van der Waals surface area (Å²) in [4.78, 5) is 0. The molecule has 2 nitrogen and oxygen atoms in total. The monoisotopic (exact) mass is 211 g/mol. The maximum atomic E-state index is 12.9. The standard InChI is InChI=1S/C12H18FNO/c1-3-11(4-2)15-12-6-5-10(13)7-9(12)8-14/h5-7,11H,3-4,8,14H2,1-2H3. The van der Waals surface area contributed by atoms with Crippen LogP contribution < -0.4 is 10.5 Å². The molecule has 84 valence electrons. The molecule has 3 heteroatoms. The number of hydrogen-bond acceptors (Lipinski definition) is 2. The molecular formula is C12H18FNO. The maximum absolute atomic E-state index is 12.9. The van der Waals surface area contributed by atoms with Gasteiger partial charge in [0.05, 0.1) is 6.10 Å². The molecule has 0 aliphatic rings. The molecule has 0 atom stereocenters. The van der Waals surface area contributed by atoms with Gasteiger partial charge < -0.3 is 10.5 Å². The van der Waals surface area contributed by atoms with Crippen LogP contribution in [0.3, 0.4) is 0 Å². The topological polar surface area (TPSA) is 35.2 Å². The van der Waals surface area contributed by atoms with Crippen molar-refractivity contribution in [3.63, 3.8) is 0 Å². The van der Waals surface area contributed by atoms with Crippen molar-refractivity contribution in [2.45, 2.75) is 39.3 Å². The molecule has 1 rings (SSSR count). The van der Waals surface area contributed by atoms with E-state index in [4.69, 9.17) is 10.5 Å². The largest absolute Gasteiger partial charge is 0.490 e. The van der Waals surface area contributed by atoms with Crippen LogP contribution in [-0.4, -0.2) is 6.10 Å². The lowest BCUT2D eigenvalue weighted by atomic mass is 10.1. The highest BCUT2D eigenvalue weighted by Gasteiger charge is 2.09. The van der Waals surface area contributed by atoms with Crippen molar-refractivity contribution in [3.05, 3.63) is 29.6 Å². The summed E-state index contributed by atoms with van der Waals surface area (Å²) in [6, 6.07) is 4.48. The Labute approximate surface area is 90.2 Å². The summed E-state index contributed by atoms with van der Waals surface area (Å²) in [5, 5.41) is 0. The molecule has 0 heterocycles. The third-order valence-corrected chi connectivity index (χ3v) is 2.45. The lowest BCUT2D eigenvalue weighted by molar-refractivity contribution is 0.191. The van der Waals surface area contributed by atoms with Crippen LogP contribution in [0.1, 0.15) is 32.3 Å². The van der Waals surface area contributed by atoms with Crippen LogP contribution in [0.5, 0.6) is 5.75 Å². The SMILES string of the molecule is CCC(CC)Oc1ccc(F)cc1CN. The number of hydrogen-bond donors (Lipinski definition) is 1. The first kappa shape index (κ1) is 12.0. The number of halogens is 1. The summed E-state index contributed by atoms with van der Waals surface area (Å²) in [5.74, 6) is 0.431. The zero-order valence-corrected chi connectivity index (χ0v) is 9.29. The van der Waals surface area contributed by atoms with Gasteiger partial charge in [0.25, 0.3) is 0 Å². The van der Waals surface area contributed by atoms with Crippen LogP contribution in [-0.2, 0) is 6.54 Å². The third-order valence-electron chi connectivity index (χ3n) is 2.45. The molecule has 0 saturated heterocycles. The van der Waals surface area contributed by atoms with Gasteiger partial charge in [-0.25, -0.2) is 4.39 Å². The minimum absolute atomic E-state index is 0.181. The first-order chi connectivity index (χ1) is 7.21. The minimum atomic E-state index is -0.271. The Morgan fingerprint density at radius 2 is 2.00 bits per heavy atom. The zero-order valence-electron chi connectivity index (χ0n) is 9.29. The summed E-state index contributed by atoms with van der Waals surface area (Å²) in [5.41, 5.74) is 6.26. The molecule has 0 aliphatic heterocycles. The van der Waals surface area contributed by atoms with Crippen molar-refractivity contribution in [3.8, 4) is 5.75 Å². The van der Waals surface area contributed by atoms with Crippen LogP contribution in [0.2, 0.25) is 0 Å². The average molecular weight is 211 g/mol. The van der Waals surface area contributed by atoms with E-state index < -0.39 is 0 Å². The zero-order chi connectivity index (χ0) is 11.3. The Bertz CT molecular complexity index is 310. The van der Waals surface area contributed by atoms with E-state index >= 15 is 0 Å². The number of rotatable bonds is 5. The highest BCUT2D eigenvalue weighted by atomic mass is 19.1. The second-order valence-electron chi connectivity index (χ2n) is 3.51. The molecule has 2 N–H and O–H groups in total. The second kappa shape index (κ2) is 5.71. The van der Waals surface area contributed by atoms with E-state index in [2.05, 4.69) is 13.8 Å². The van der Waals surface area contributed by atoms with Crippen molar-refractivity contribution in [1.29, 1.82) is 0 Å². The quantitative estimate of drug-likeness (QED) is 0.812. The third kappa shape index (κ3) is 3.20. The maximum Gasteiger partial charge on any atom is 0.124 e. The molecule has 15 heavy (non-hydrogen) atoms. The molecule has 0 saturated carbocycles. The second-order valence-corrected chi connectivity index (χ2v) is 3.51. The Hall–Kier alpha value is -1.09. The van der Waals surface area contributed by atoms with Gasteiger partial charge in [0, 0.05) is 12.1 Å². The van der Waals surface area contributed by atoms with E-state index in [0.29, 0.717) is 12.3 Å². The van der Waals surface area contributed by atoms with E-state index in [1.807, 2.05) is 0 Å². The first-order valence-corrected chi connectivity index (χ1v) is 5.36. The highest BCUT2D eigenvalue weighted by Crippen LogP contribution is 2.21. The minimum Gasteiger partial charge on any atom is -0.490 e. The molecular weight excluding hydrogens is 193 g/mol. The van der Waals surface area contributed by atoms with Gasteiger partial charge in [0.2, 0.25) is 0 Å². The van der Waals surface area contributed by atoms with E-state index in [1.54, 1.807) is 6.07 Å². The lowest BCUT2D eigenvalue weighted by Crippen LogP contribution is -2.15. The molecule has 1 aromatic rings. The normalized spacial score (nSPS) is 10.7. The molecule has 0 radical (unpaired) electrons. The summed E-state index contributed by atoms with van der Waals surface area (Å²) in [6.07, 6.45) is 2.07. The van der Waals surface area contributed by atoms with Crippen LogP contribution in [0, 0.1) is 5.82 Å². The van der Waals surface area contributed by atoms with Crippen molar-refractivity contribution in [2.24, 2.45) is 5.73 Å².